The van der Waals surface area contributed by atoms with Crippen molar-refractivity contribution in [3.05, 3.63) is 47.4 Å². The molecule has 3 nitrogen and oxygen atoms in total. The summed E-state index contributed by atoms with van der Waals surface area (Å²) in [4.78, 5) is 4.51. The van der Waals surface area contributed by atoms with Crippen molar-refractivity contribution in [3.8, 4) is 11.5 Å². The van der Waals surface area contributed by atoms with Crippen molar-refractivity contribution in [1.29, 1.82) is 0 Å². The quantitative estimate of drug-likeness (QED) is 0.642. The molecule has 0 bridgehead atoms. The molecule has 0 aromatic carbocycles. The van der Waals surface area contributed by atoms with Crippen molar-refractivity contribution in [2.24, 2.45) is 0 Å². The summed E-state index contributed by atoms with van der Waals surface area (Å²) in [6.45, 7) is 2.03. The smallest absolute Gasteiger partial charge is 0.194 e. The van der Waals surface area contributed by atoms with E-state index in [1.165, 1.54) is 0 Å². The highest BCUT2D eigenvalue weighted by molar-refractivity contribution is 6.28. The summed E-state index contributed by atoms with van der Waals surface area (Å²) < 4.78 is 7.30. The summed E-state index contributed by atoms with van der Waals surface area (Å²) in [5, 5.41) is 0.378. The third-order valence-electron chi connectivity index (χ3n) is 2.50. The van der Waals surface area contributed by atoms with E-state index in [4.69, 9.17) is 16.0 Å². The Kier molecular flexibility index (Phi) is 2.01. The minimum atomic E-state index is 0.378. The summed E-state index contributed by atoms with van der Waals surface area (Å²) in [5.41, 5.74) is 2.86. The number of aromatic nitrogens is 2. The fraction of sp³-hybridized carbons (Fsp3) is 0.0833. The molecule has 80 valence electrons. The minimum absolute atomic E-state index is 0.378. The molecule has 0 amide bonds. The van der Waals surface area contributed by atoms with Crippen molar-refractivity contribution < 1.29 is 4.42 Å². The summed E-state index contributed by atoms with van der Waals surface area (Å²) >= 11 is 5.74. The first-order valence-electron chi connectivity index (χ1n) is 4.94. The molecular weight excluding hydrogens is 224 g/mol. The van der Waals surface area contributed by atoms with Gasteiger partial charge in [-0.05, 0) is 42.3 Å². The van der Waals surface area contributed by atoms with Gasteiger partial charge in [0, 0.05) is 12.4 Å². The van der Waals surface area contributed by atoms with Gasteiger partial charge in [-0.25, -0.2) is 4.98 Å². The molecule has 0 atom stereocenters. The SMILES string of the molecule is Cc1cccn2cc(-c3ccc(Cl)o3)nc12. The van der Waals surface area contributed by atoms with Crippen LogP contribution in [0.5, 0.6) is 0 Å². The van der Waals surface area contributed by atoms with Gasteiger partial charge in [-0.3, -0.25) is 0 Å². The average Bonchev–Trinajstić information content (AvgIpc) is 2.84. The second-order valence-electron chi connectivity index (χ2n) is 3.65. The number of hydrogen-bond donors (Lipinski definition) is 0. The highest BCUT2D eigenvalue weighted by atomic mass is 35.5. The Balaban J connectivity index is 2.22. The number of fused-ring (bicyclic) bond motifs is 1. The maximum Gasteiger partial charge on any atom is 0.194 e. The molecule has 3 aromatic rings. The van der Waals surface area contributed by atoms with Crippen LogP contribution in [0.25, 0.3) is 17.1 Å². The summed E-state index contributed by atoms with van der Waals surface area (Å²) in [5.74, 6) is 0.688. The molecule has 3 aromatic heterocycles. The van der Waals surface area contributed by atoms with Crippen LogP contribution in [0.2, 0.25) is 5.22 Å². The number of halogens is 1. The third-order valence-corrected chi connectivity index (χ3v) is 2.71. The molecule has 4 heteroatoms. The van der Waals surface area contributed by atoms with E-state index in [1.54, 1.807) is 6.07 Å². The molecule has 16 heavy (non-hydrogen) atoms. The molecular formula is C12H9ClN2O. The van der Waals surface area contributed by atoms with Gasteiger partial charge in [0.05, 0.1) is 0 Å². The monoisotopic (exact) mass is 232 g/mol. The van der Waals surface area contributed by atoms with Gasteiger partial charge >= 0.3 is 0 Å². The van der Waals surface area contributed by atoms with Gasteiger partial charge in [0.2, 0.25) is 0 Å². The molecule has 0 fully saturated rings. The molecule has 0 saturated carbocycles. The molecule has 0 unspecified atom stereocenters. The highest BCUT2D eigenvalue weighted by Crippen LogP contribution is 2.24. The number of nitrogens with zero attached hydrogens (tertiary/aromatic N) is 2. The van der Waals surface area contributed by atoms with E-state index in [-0.39, 0.29) is 0 Å². The number of rotatable bonds is 1. The van der Waals surface area contributed by atoms with Gasteiger partial charge in [-0.15, -0.1) is 0 Å². The lowest BCUT2D eigenvalue weighted by Gasteiger charge is -1.93. The van der Waals surface area contributed by atoms with Crippen LogP contribution in [-0.4, -0.2) is 9.38 Å². The summed E-state index contributed by atoms with van der Waals surface area (Å²) in [7, 11) is 0. The second kappa shape index (κ2) is 3.39. The van der Waals surface area contributed by atoms with Crippen molar-refractivity contribution in [2.75, 3.05) is 0 Å². The van der Waals surface area contributed by atoms with E-state index in [0.29, 0.717) is 11.0 Å². The minimum Gasteiger partial charge on any atom is -0.443 e. The van der Waals surface area contributed by atoms with Crippen LogP contribution in [0.4, 0.5) is 0 Å². The van der Waals surface area contributed by atoms with E-state index in [0.717, 1.165) is 16.9 Å². The zero-order valence-corrected chi connectivity index (χ0v) is 9.40. The first kappa shape index (κ1) is 9.48. The lowest BCUT2D eigenvalue weighted by molar-refractivity contribution is 0.582. The summed E-state index contributed by atoms with van der Waals surface area (Å²) in [6.07, 6.45) is 3.89. The van der Waals surface area contributed by atoms with Crippen molar-refractivity contribution >= 4 is 17.2 Å². The molecule has 0 aliphatic heterocycles. The summed E-state index contributed by atoms with van der Waals surface area (Å²) in [6, 6.07) is 7.55. The largest absolute Gasteiger partial charge is 0.443 e. The number of aryl methyl sites for hydroxylation is 1. The van der Waals surface area contributed by atoms with Gasteiger partial charge in [-0.2, -0.15) is 0 Å². The standard InChI is InChI=1S/C12H9ClN2O/c1-8-3-2-6-15-7-9(14-12(8)15)10-4-5-11(13)16-10/h2-7H,1H3. The fourth-order valence-corrected chi connectivity index (χ4v) is 1.87. The van der Waals surface area contributed by atoms with E-state index in [2.05, 4.69) is 4.98 Å². The van der Waals surface area contributed by atoms with Gasteiger partial charge in [0.15, 0.2) is 11.0 Å². The van der Waals surface area contributed by atoms with E-state index in [1.807, 2.05) is 41.9 Å². The molecule has 0 saturated heterocycles. The molecule has 0 aliphatic rings. The van der Waals surface area contributed by atoms with Crippen molar-refractivity contribution in [3.63, 3.8) is 0 Å². The molecule has 0 N–H and O–H groups in total. The Bertz CT molecular complexity index is 654. The molecule has 3 rings (SSSR count). The van der Waals surface area contributed by atoms with E-state index >= 15 is 0 Å². The molecule has 0 aliphatic carbocycles. The molecule has 0 spiro atoms. The predicted molar refractivity (Wildman–Crippen MR) is 62.6 cm³/mol. The zero-order chi connectivity index (χ0) is 11.1. The Morgan fingerprint density at radius 1 is 1.31 bits per heavy atom. The van der Waals surface area contributed by atoms with Crippen molar-refractivity contribution in [2.45, 2.75) is 6.92 Å². The molecule has 3 heterocycles. The van der Waals surface area contributed by atoms with Crippen molar-refractivity contribution in [1.82, 2.24) is 9.38 Å². The first-order valence-corrected chi connectivity index (χ1v) is 5.32. The van der Waals surface area contributed by atoms with Gasteiger partial charge < -0.3 is 8.82 Å². The number of furan rings is 1. The Morgan fingerprint density at radius 3 is 2.88 bits per heavy atom. The molecule has 0 radical (unpaired) electrons. The van der Waals surface area contributed by atoms with Crippen LogP contribution < -0.4 is 0 Å². The van der Waals surface area contributed by atoms with Gasteiger partial charge in [-0.1, -0.05) is 6.07 Å². The van der Waals surface area contributed by atoms with Crippen LogP contribution in [0.1, 0.15) is 5.56 Å². The van der Waals surface area contributed by atoms with E-state index < -0.39 is 0 Å². The Morgan fingerprint density at radius 2 is 2.19 bits per heavy atom. The maximum absolute atomic E-state index is 5.74. The third kappa shape index (κ3) is 1.41. The lowest BCUT2D eigenvalue weighted by Crippen LogP contribution is -1.83. The highest BCUT2D eigenvalue weighted by Gasteiger charge is 2.09. The predicted octanol–water partition coefficient (Wildman–Crippen LogP) is 3.56. The maximum atomic E-state index is 5.74. The second-order valence-corrected chi connectivity index (χ2v) is 4.02. The average molecular weight is 233 g/mol. The van der Waals surface area contributed by atoms with Gasteiger partial charge in [0.25, 0.3) is 0 Å². The zero-order valence-electron chi connectivity index (χ0n) is 8.64. The van der Waals surface area contributed by atoms with Crippen LogP contribution in [0, 0.1) is 6.92 Å². The fourth-order valence-electron chi connectivity index (χ4n) is 1.72. The van der Waals surface area contributed by atoms with Gasteiger partial charge in [0.1, 0.15) is 11.3 Å². The Hall–Kier alpha value is -1.74. The Labute approximate surface area is 97.3 Å². The number of pyridine rings is 1. The van der Waals surface area contributed by atoms with E-state index in [9.17, 15) is 0 Å². The van der Waals surface area contributed by atoms with Crippen LogP contribution in [-0.2, 0) is 0 Å². The lowest BCUT2D eigenvalue weighted by atomic mass is 10.3. The van der Waals surface area contributed by atoms with Crippen LogP contribution in [0.3, 0.4) is 0 Å². The topological polar surface area (TPSA) is 30.4 Å². The number of imidazole rings is 1. The van der Waals surface area contributed by atoms with Crippen LogP contribution >= 0.6 is 11.6 Å². The van der Waals surface area contributed by atoms with Crippen LogP contribution in [0.15, 0.2) is 41.1 Å². The first-order chi connectivity index (χ1) is 7.74. The number of hydrogen-bond acceptors (Lipinski definition) is 2. The normalized spacial score (nSPS) is 11.1.